The molecular formula is C34H65N3O5. The minimum atomic E-state index is -1.06. The van der Waals surface area contributed by atoms with Crippen molar-refractivity contribution in [3.63, 3.8) is 0 Å². The van der Waals surface area contributed by atoms with Crippen molar-refractivity contribution in [3.8, 4) is 0 Å². The van der Waals surface area contributed by atoms with Crippen LogP contribution in [0.3, 0.4) is 0 Å². The van der Waals surface area contributed by atoms with E-state index in [0.29, 0.717) is 19.4 Å². The van der Waals surface area contributed by atoms with Crippen LogP contribution in [-0.4, -0.2) is 53.3 Å². The SMILES string of the molecule is CCCCCCCCCCCCCCCC(=O)N[C@@H](CCCC(=O)NCCCC[C@H](NC(C)C)C(=O)C(C)C)C(=O)O. The van der Waals surface area contributed by atoms with E-state index in [1.165, 1.54) is 64.2 Å². The van der Waals surface area contributed by atoms with Crippen molar-refractivity contribution >= 4 is 23.6 Å². The molecule has 0 unspecified atom stereocenters. The molecule has 0 aromatic rings. The fourth-order valence-electron chi connectivity index (χ4n) is 5.20. The number of ketones is 1. The van der Waals surface area contributed by atoms with Crippen molar-refractivity contribution in [3.05, 3.63) is 0 Å². The summed E-state index contributed by atoms with van der Waals surface area (Å²) >= 11 is 0. The van der Waals surface area contributed by atoms with Gasteiger partial charge in [-0.05, 0) is 38.5 Å². The third-order valence-electron chi connectivity index (χ3n) is 7.73. The van der Waals surface area contributed by atoms with Gasteiger partial charge >= 0.3 is 5.97 Å². The van der Waals surface area contributed by atoms with Crippen LogP contribution < -0.4 is 16.0 Å². The fraction of sp³-hybridized carbons (Fsp3) is 0.882. The van der Waals surface area contributed by atoms with Gasteiger partial charge in [0, 0.05) is 31.3 Å². The molecule has 42 heavy (non-hydrogen) atoms. The number of rotatable bonds is 29. The summed E-state index contributed by atoms with van der Waals surface area (Å²) in [5.74, 6) is -1.20. The van der Waals surface area contributed by atoms with Gasteiger partial charge in [0.15, 0.2) is 5.78 Å². The highest BCUT2D eigenvalue weighted by atomic mass is 16.4. The Balaban J connectivity index is 3.94. The van der Waals surface area contributed by atoms with Gasteiger partial charge in [0.1, 0.15) is 6.04 Å². The second-order valence-electron chi connectivity index (χ2n) is 12.6. The molecule has 0 aliphatic carbocycles. The average Bonchev–Trinajstić information content (AvgIpc) is 2.93. The van der Waals surface area contributed by atoms with Crippen molar-refractivity contribution in [1.82, 2.24) is 16.0 Å². The Labute approximate surface area is 257 Å². The molecule has 0 heterocycles. The first kappa shape index (κ1) is 40.0. The number of aliphatic carboxylic acids is 1. The number of unbranched alkanes of at least 4 members (excludes halogenated alkanes) is 13. The maximum Gasteiger partial charge on any atom is 0.326 e. The summed E-state index contributed by atoms with van der Waals surface area (Å²) in [6.07, 6.45) is 19.6. The fourth-order valence-corrected chi connectivity index (χ4v) is 5.20. The smallest absolute Gasteiger partial charge is 0.326 e. The highest BCUT2D eigenvalue weighted by Gasteiger charge is 2.22. The van der Waals surface area contributed by atoms with Crippen LogP contribution in [-0.2, 0) is 19.2 Å². The van der Waals surface area contributed by atoms with Crippen LogP contribution in [0.1, 0.15) is 163 Å². The van der Waals surface area contributed by atoms with E-state index in [9.17, 15) is 24.3 Å². The molecule has 8 nitrogen and oxygen atoms in total. The summed E-state index contributed by atoms with van der Waals surface area (Å²) in [5, 5.41) is 18.4. The van der Waals surface area contributed by atoms with Gasteiger partial charge in [-0.2, -0.15) is 0 Å². The number of carboxylic acid groups (broad SMARTS) is 1. The van der Waals surface area contributed by atoms with Gasteiger partial charge in [-0.25, -0.2) is 4.79 Å². The number of carbonyl (C=O) groups excluding carboxylic acids is 3. The van der Waals surface area contributed by atoms with Crippen molar-refractivity contribution in [2.75, 3.05) is 6.54 Å². The zero-order valence-electron chi connectivity index (χ0n) is 27.7. The number of hydrogen-bond donors (Lipinski definition) is 4. The lowest BCUT2D eigenvalue weighted by atomic mass is 9.96. The van der Waals surface area contributed by atoms with E-state index in [0.717, 1.165) is 38.5 Å². The molecule has 0 fully saturated rings. The Bertz CT molecular complexity index is 726. The largest absolute Gasteiger partial charge is 0.480 e. The monoisotopic (exact) mass is 595 g/mol. The summed E-state index contributed by atoms with van der Waals surface area (Å²) in [6, 6.07) is -0.888. The van der Waals surface area contributed by atoms with E-state index in [2.05, 4.69) is 22.9 Å². The van der Waals surface area contributed by atoms with Crippen LogP contribution in [0.25, 0.3) is 0 Å². The number of amides is 2. The summed E-state index contributed by atoms with van der Waals surface area (Å²) in [5.41, 5.74) is 0. The second-order valence-corrected chi connectivity index (χ2v) is 12.6. The molecule has 4 N–H and O–H groups in total. The zero-order chi connectivity index (χ0) is 31.6. The number of nitrogens with one attached hydrogen (secondary N) is 3. The maximum atomic E-state index is 12.4. The van der Waals surface area contributed by atoms with Crippen molar-refractivity contribution < 1.29 is 24.3 Å². The van der Waals surface area contributed by atoms with Gasteiger partial charge in [-0.1, -0.05) is 112 Å². The van der Waals surface area contributed by atoms with Crippen molar-refractivity contribution in [2.24, 2.45) is 5.92 Å². The molecule has 0 bridgehead atoms. The molecule has 8 heteroatoms. The van der Waals surface area contributed by atoms with Crippen molar-refractivity contribution in [2.45, 2.75) is 181 Å². The quantitative estimate of drug-likeness (QED) is 0.0685. The lowest BCUT2D eigenvalue weighted by Gasteiger charge is -2.22. The lowest BCUT2D eigenvalue weighted by molar-refractivity contribution is -0.142. The Morgan fingerprint density at radius 2 is 1.10 bits per heavy atom. The van der Waals surface area contributed by atoms with Crippen molar-refractivity contribution in [1.29, 1.82) is 0 Å². The van der Waals surface area contributed by atoms with E-state index in [-0.39, 0.29) is 48.4 Å². The first-order valence-electron chi connectivity index (χ1n) is 17.2. The second kappa shape index (κ2) is 26.7. The third-order valence-corrected chi connectivity index (χ3v) is 7.73. The minimum absolute atomic E-state index is 0.0143. The number of hydrogen-bond acceptors (Lipinski definition) is 5. The van der Waals surface area contributed by atoms with Gasteiger partial charge in [0.25, 0.3) is 0 Å². The Morgan fingerprint density at radius 1 is 0.595 bits per heavy atom. The summed E-state index contributed by atoms with van der Waals surface area (Å²) < 4.78 is 0. The van der Waals surface area contributed by atoms with Crippen LogP contribution in [0, 0.1) is 5.92 Å². The summed E-state index contributed by atoms with van der Waals surface area (Å²) in [7, 11) is 0. The number of Topliss-reactive ketones (excluding diaryl/α,β-unsaturated/α-hetero) is 1. The normalized spacial score (nSPS) is 12.8. The molecule has 0 saturated heterocycles. The van der Waals surface area contributed by atoms with Gasteiger partial charge in [-0.15, -0.1) is 0 Å². The summed E-state index contributed by atoms with van der Waals surface area (Å²) in [4.78, 5) is 48.5. The van der Waals surface area contributed by atoms with E-state index in [1.807, 2.05) is 27.7 Å². The Hall–Kier alpha value is -1.96. The molecular weight excluding hydrogens is 530 g/mol. The minimum Gasteiger partial charge on any atom is -0.480 e. The molecule has 0 spiro atoms. The molecule has 2 atom stereocenters. The maximum absolute atomic E-state index is 12.4. The van der Waals surface area contributed by atoms with E-state index in [4.69, 9.17) is 0 Å². The molecule has 0 aromatic heterocycles. The first-order valence-corrected chi connectivity index (χ1v) is 17.2. The molecule has 0 aliphatic rings. The average molecular weight is 596 g/mol. The Morgan fingerprint density at radius 3 is 1.60 bits per heavy atom. The molecule has 0 saturated carbocycles. The number of carbonyl (C=O) groups is 4. The summed E-state index contributed by atoms with van der Waals surface area (Å²) in [6.45, 7) is 10.7. The van der Waals surface area contributed by atoms with Gasteiger partial charge in [0.2, 0.25) is 11.8 Å². The third kappa shape index (κ3) is 23.6. The first-order chi connectivity index (χ1) is 20.1. The number of carboxylic acids is 1. The van der Waals surface area contributed by atoms with E-state index < -0.39 is 12.0 Å². The lowest BCUT2D eigenvalue weighted by Crippen LogP contribution is -2.42. The predicted octanol–water partition coefficient (Wildman–Crippen LogP) is 7.09. The molecule has 2 amide bonds. The van der Waals surface area contributed by atoms with Crippen LogP contribution in [0.4, 0.5) is 0 Å². The Kier molecular flexibility index (Phi) is 25.4. The topological polar surface area (TPSA) is 125 Å². The van der Waals surface area contributed by atoms with E-state index >= 15 is 0 Å². The molecule has 0 rings (SSSR count). The molecule has 0 radical (unpaired) electrons. The van der Waals surface area contributed by atoms with Crippen LogP contribution in [0.2, 0.25) is 0 Å². The van der Waals surface area contributed by atoms with Gasteiger partial charge in [-0.3, -0.25) is 14.4 Å². The van der Waals surface area contributed by atoms with Gasteiger partial charge < -0.3 is 21.1 Å². The standard InChI is InChI=1S/C34H65N3O5/c1-6-7-8-9-10-11-12-13-14-15-16-17-18-24-32(39)37-30(34(41)42)23-21-25-31(38)35-26-20-19-22-29(36-28(4)5)33(40)27(2)3/h27-30,36H,6-26H2,1-5H3,(H,35,38)(H,37,39)(H,41,42)/t29-,30-/m0/s1. The van der Waals surface area contributed by atoms with Crippen LogP contribution >= 0.6 is 0 Å². The molecule has 0 aromatic carbocycles. The highest BCUT2D eigenvalue weighted by molar-refractivity contribution is 5.85. The highest BCUT2D eigenvalue weighted by Crippen LogP contribution is 2.13. The van der Waals surface area contributed by atoms with E-state index in [1.54, 1.807) is 0 Å². The van der Waals surface area contributed by atoms with Crippen LogP contribution in [0.5, 0.6) is 0 Å². The predicted molar refractivity (Wildman–Crippen MR) is 172 cm³/mol. The van der Waals surface area contributed by atoms with Crippen LogP contribution in [0.15, 0.2) is 0 Å². The molecule has 0 aliphatic heterocycles. The van der Waals surface area contributed by atoms with Gasteiger partial charge in [0.05, 0.1) is 6.04 Å². The zero-order valence-corrected chi connectivity index (χ0v) is 27.7. The molecule has 246 valence electrons.